The van der Waals surface area contributed by atoms with E-state index in [2.05, 4.69) is 26.0 Å². The van der Waals surface area contributed by atoms with E-state index in [0.29, 0.717) is 0 Å². The second-order valence-electron chi connectivity index (χ2n) is 4.89. The van der Waals surface area contributed by atoms with Crippen LogP contribution in [0.2, 0.25) is 0 Å². The Balaban J connectivity index is 2.56. The Labute approximate surface area is 98.9 Å². The summed E-state index contributed by atoms with van der Waals surface area (Å²) in [5.41, 5.74) is 1.07. The molecule has 0 saturated carbocycles. The molecule has 0 heterocycles. The quantitative estimate of drug-likeness (QED) is 0.499. The van der Waals surface area contributed by atoms with Crippen LogP contribution in [-0.4, -0.2) is 6.29 Å². The number of carbonyl (C=O) groups is 1. The number of benzene rings is 1. The molecule has 0 radical (unpaired) electrons. The van der Waals surface area contributed by atoms with Gasteiger partial charge in [-0.15, -0.1) is 0 Å². The van der Waals surface area contributed by atoms with Crippen LogP contribution in [0.3, 0.4) is 0 Å². The average Bonchev–Trinajstić information content (AvgIpc) is 2.31. The number of hydrogen-bond acceptors (Lipinski definition) is 1. The predicted molar refractivity (Wildman–Crippen MR) is 68.5 cm³/mol. The minimum Gasteiger partial charge on any atom is -0.303 e. The molecule has 0 aliphatic carbocycles. The molecule has 0 aliphatic rings. The van der Waals surface area contributed by atoms with E-state index in [0.717, 1.165) is 25.5 Å². The fourth-order valence-electron chi connectivity index (χ4n) is 2.03. The van der Waals surface area contributed by atoms with Gasteiger partial charge < -0.3 is 4.79 Å². The molecule has 1 rings (SSSR count). The number of unbranched alkanes of at least 4 members (excludes halogenated alkanes) is 2. The van der Waals surface area contributed by atoms with Gasteiger partial charge in [-0.1, -0.05) is 63.4 Å². The molecule has 1 heteroatoms. The Hall–Kier alpha value is -1.11. The first-order valence-corrected chi connectivity index (χ1v) is 6.20. The molecule has 0 bridgehead atoms. The zero-order valence-corrected chi connectivity index (χ0v) is 10.4. The van der Waals surface area contributed by atoms with Gasteiger partial charge in [0.15, 0.2) is 0 Å². The molecular weight excluding hydrogens is 196 g/mol. The summed E-state index contributed by atoms with van der Waals surface area (Å²) in [5.74, 6) is 0. The molecule has 1 nitrogen and oxygen atoms in total. The van der Waals surface area contributed by atoms with Gasteiger partial charge in [0.25, 0.3) is 0 Å². The van der Waals surface area contributed by atoms with E-state index in [1.807, 2.05) is 18.2 Å². The van der Waals surface area contributed by atoms with Crippen molar-refractivity contribution in [3.8, 4) is 0 Å². The van der Waals surface area contributed by atoms with Crippen LogP contribution in [0, 0.1) is 5.41 Å². The van der Waals surface area contributed by atoms with E-state index in [1.165, 1.54) is 18.4 Å². The van der Waals surface area contributed by atoms with Crippen molar-refractivity contribution in [1.29, 1.82) is 0 Å². The SMILES string of the molecule is CCCCCC(C)(C=O)Cc1ccccc1. The molecule has 1 atom stereocenters. The molecule has 88 valence electrons. The third-order valence-electron chi connectivity index (χ3n) is 3.09. The Morgan fingerprint density at radius 3 is 2.44 bits per heavy atom. The summed E-state index contributed by atoms with van der Waals surface area (Å²) in [6, 6.07) is 10.3. The predicted octanol–water partition coefficient (Wildman–Crippen LogP) is 4.01. The maximum atomic E-state index is 11.2. The van der Waals surface area contributed by atoms with Gasteiger partial charge in [0.05, 0.1) is 0 Å². The van der Waals surface area contributed by atoms with Crippen molar-refractivity contribution in [2.45, 2.75) is 46.0 Å². The highest BCUT2D eigenvalue weighted by Crippen LogP contribution is 2.26. The molecule has 1 unspecified atom stereocenters. The van der Waals surface area contributed by atoms with Crippen molar-refractivity contribution in [1.82, 2.24) is 0 Å². The number of rotatable bonds is 7. The Bertz CT molecular complexity index is 304. The molecule has 0 aliphatic heterocycles. The van der Waals surface area contributed by atoms with Crippen LogP contribution < -0.4 is 0 Å². The summed E-state index contributed by atoms with van der Waals surface area (Å²) in [4.78, 5) is 11.2. The molecule has 0 amide bonds. The van der Waals surface area contributed by atoms with Crippen molar-refractivity contribution >= 4 is 6.29 Å². The van der Waals surface area contributed by atoms with Gasteiger partial charge in [-0.25, -0.2) is 0 Å². The lowest BCUT2D eigenvalue weighted by Gasteiger charge is -2.23. The maximum absolute atomic E-state index is 11.2. The monoisotopic (exact) mass is 218 g/mol. The van der Waals surface area contributed by atoms with Crippen molar-refractivity contribution < 1.29 is 4.79 Å². The molecule has 0 saturated heterocycles. The number of aldehydes is 1. The zero-order chi connectivity index (χ0) is 11.9. The lowest BCUT2D eigenvalue weighted by molar-refractivity contribution is -0.115. The van der Waals surface area contributed by atoms with E-state index in [9.17, 15) is 4.79 Å². The summed E-state index contributed by atoms with van der Waals surface area (Å²) in [6.07, 6.45) is 6.58. The molecule has 0 spiro atoms. The van der Waals surface area contributed by atoms with Gasteiger partial charge in [-0.2, -0.15) is 0 Å². The van der Waals surface area contributed by atoms with E-state index < -0.39 is 0 Å². The molecule has 0 aromatic heterocycles. The van der Waals surface area contributed by atoms with Crippen molar-refractivity contribution in [2.24, 2.45) is 5.41 Å². The third-order valence-corrected chi connectivity index (χ3v) is 3.09. The Morgan fingerprint density at radius 2 is 1.88 bits per heavy atom. The lowest BCUT2D eigenvalue weighted by atomic mass is 9.80. The van der Waals surface area contributed by atoms with Crippen LogP contribution in [0.1, 0.15) is 45.1 Å². The van der Waals surface area contributed by atoms with Crippen LogP contribution >= 0.6 is 0 Å². The lowest BCUT2D eigenvalue weighted by Crippen LogP contribution is -2.21. The fourth-order valence-corrected chi connectivity index (χ4v) is 2.03. The third kappa shape index (κ3) is 4.18. The van der Waals surface area contributed by atoms with E-state index in [-0.39, 0.29) is 5.41 Å². The normalized spacial score (nSPS) is 14.4. The largest absolute Gasteiger partial charge is 0.303 e. The second kappa shape index (κ2) is 6.47. The Morgan fingerprint density at radius 1 is 1.19 bits per heavy atom. The highest BCUT2D eigenvalue weighted by atomic mass is 16.1. The smallest absolute Gasteiger partial charge is 0.126 e. The van der Waals surface area contributed by atoms with Crippen molar-refractivity contribution in [3.63, 3.8) is 0 Å². The van der Waals surface area contributed by atoms with Gasteiger partial charge in [0, 0.05) is 5.41 Å². The molecule has 16 heavy (non-hydrogen) atoms. The summed E-state index contributed by atoms with van der Waals surface area (Å²) < 4.78 is 0. The van der Waals surface area contributed by atoms with Crippen LogP contribution in [-0.2, 0) is 11.2 Å². The molecular formula is C15H22O. The average molecular weight is 218 g/mol. The second-order valence-corrected chi connectivity index (χ2v) is 4.89. The molecule has 1 aromatic carbocycles. The Kier molecular flexibility index (Phi) is 5.24. The summed E-state index contributed by atoms with van der Waals surface area (Å²) in [7, 11) is 0. The first kappa shape index (κ1) is 13.0. The van der Waals surface area contributed by atoms with Crippen LogP contribution in [0.15, 0.2) is 30.3 Å². The van der Waals surface area contributed by atoms with Crippen LogP contribution in [0.25, 0.3) is 0 Å². The van der Waals surface area contributed by atoms with Crippen molar-refractivity contribution in [2.75, 3.05) is 0 Å². The highest BCUT2D eigenvalue weighted by molar-refractivity contribution is 5.59. The van der Waals surface area contributed by atoms with Gasteiger partial charge in [-0.3, -0.25) is 0 Å². The molecule has 0 fully saturated rings. The summed E-state index contributed by atoms with van der Waals surface area (Å²) in [5, 5.41) is 0. The summed E-state index contributed by atoms with van der Waals surface area (Å²) in [6.45, 7) is 4.26. The fraction of sp³-hybridized carbons (Fsp3) is 0.533. The number of hydrogen-bond donors (Lipinski definition) is 0. The van der Waals surface area contributed by atoms with Crippen LogP contribution in [0.5, 0.6) is 0 Å². The van der Waals surface area contributed by atoms with E-state index in [1.54, 1.807) is 0 Å². The highest BCUT2D eigenvalue weighted by Gasteiger charge is 2.23. The minimum absolute atomic E-state index is 0.184. The van der Waals surface area contributed by atoms with Gasteiger partial charge in [-0.05, 0) is 18.4 Å². The summed E-state index contributed by atoms with van der Waals surface area (Å²) >= 11 is 0. The van der Waals surface area contributed by atoms with Gasteiger partial charge in [0.1, 0.15) is 6.29 Å². The van der Waals surface area contributed by atoms with E-state index >= 15 is 0 Å². The maximum Gasteiger partial charge on any atom is 0.126 e. The van der Waals surface area contributed by atoms with Crippen molar-refractivity contribution in [3.05, 3.63) is 35.9 Å². The van der Waals surface area contributed by atoms with Crippen LogP contribution in [0.4, 0.5) is 0 Å². The number of carbonyl (C=O) groups excluding carboxylic acids is 1. The zero-order valence-electron chi connectivity index (χ0n) is 10.4. The standard InChI is InChI=1S/C15H22O/c1-3-4-8-11-15(2,13-16)12-14-9-6-5-7-10-14/h5-7,9-10,13H,3-4,8,11-12H2,1-2H3. The first-order valence-electron chi connectivity index (χ1n) is 6.20. The first-order chi connectivity index (χ1) is 7.70. The molecule has 1 aromatic rings. The minimum atomic E-state index is -0.184. The van der Waals surface area contributed by atoms with Gasteiger partial charge >= 0.3 is 0 Å². The van der Waals surface area contributed by atoms with Gasteiger partial charge in [0.2, 0.25) is 0 Å². The topological polar surface area (TPSA) is 17.1 Å². The molecule has 0 N–H and O–H groups in total. The van der Waals surface area contributed by atoms with E-state index in [4.69, 9.17) is 0 Å².